The van der Waals surface area contributed by atoms with Crippen LogP contribution >= 0.6 is 0 Å². The van der Waals surface area contributed by atoms with E-state index in [-0.39, 0.29) is 18.2 Å². The van der Waals surface area contributed by atoms with E-state index < -0.39 is 6.04 Å². The van der Waals surface area contributed by atoms with E-state index in [4.69, 9.17) is 5.84 Å². The van der Waals surface area contributed by atoms with Crippen LogP contribution in [0.1, 0.15) is 13.8 Å². The largest absolute Gasteiger partial charge is 0.345 e. The number of rotatable bonds is 4. The molecule has 6 heteroatoms. The third-order valence-corrected chi connectivity index (χ3v) is 1.21. The highest BCUT2D eigenvalue weighted by Gasteiger charge is 2.13. The summed E-state index contributed by atoms with van der Waals surface area (Å²) in [5, 5.41) is 8.82. The first-order chi connectivity index (χ1) is 5.57. The summed E-state index contributed by atoms with van der Waals surface area (Å²) in [6.07, 6.45) is 0. The Morgan fingerprint density at radius 2 is 2.08 bits per heavy atom. The predicted octanol–water partition coefficient (Wildman–Crippen LogP) is -0.594. The van der Waals surface area contributed by atoms with Gasteiger partial charge in [0.25, 0.3) is 0 Å². The van der Waals surface area contributed by atoms with Gasteiger partial charge in [-0.3, -0.25) is 9.59 Å². The minimum Gasteiger partial charge on any atom is -0.345 e. The van der Waals surface area contributed by atoms with Crippen molar-refractivity contribution in [3.63, 3.8) is 0 Å². The van der Waals surface area contributed by atoms with Crippen molar-refractivity contribution in [1.82, 2.24) is 5.32 Å². The lowest BCUT2D eigenvalue weighted by Crippen LogP contribution is -2.40. The van der Waals surface area contributed by atoms with Gasteiger partial charge in [-0.1, -0.05) is 5.22 Å². The van der Waals surface area contributed by atoms with Crippen LogP contribution in [0.5, 0.6) is 0 Å². The summed E-state index contributed by atoms with van der Waals surface area (Å²) in [5.74, 6) is 4.30. The first-order valence-corrected chi connectivity index (χ1v) is 3.42. The van der Waals surface area contributed by atoms with Crippen LogP contribution in [0.3, 0.4) is 0 Å². The van der Waals surface area contributed by atoms with Crippen LogP contribution in [0.4, 0.5) is 0 Å². The first-order valence-electron chi connectivity index (χ1n) is 3.42. The van der Waals surface area contributed by atoms with E-state index in [9.17, 15) is 9.59 Å². The van der Waals surface area contributed by atoms with Crippen molar-refractivity contribution in [3.05, 3.63) is 0 Å². The summed E-state index contributed by atoms with van der Waals surface area (Å²) >= 11 is 0. The molecule has 0 aromatic carbocycles. The van der Waals surface area contributed by atoms with Crippen molar-refractivity contribution in [2.75, 3.05) is 6.54 Å². The Morgan fingerprint density at radius 1 is 1.50 bits per heavy atom. The highest BCUT2D eigenvalue weighted by molar-refractivity contribution is 5.86. The highest BCUT2D eigenvalue weighted by Crippen LogP contribution is 1.87. The number of hydrogen-bond acceptors (Lipinski definition) is 4. The van der Waals surface area contributed by atoms with E-state index in [1.54, 1.807) is 0 Å². The number of nitrogens with one attached hydrogen (secondary N) is 1. The molecular formula is C6H12N4O2. The van der Waals surface area contributed by atoms with Crippen LogP contribution in [0, 0.1) is 0 Å². The molecule has 0 bridgehead atoms. The van der Waals surface area contributed by atoms with Crippen molar-refractivity contribution in [3.8, 4) is 0 Å². The SMILES string of the molecule is CC(=O)N[C@@H](CN=NN)C(C)=O. The van der Waals surface area contributed by atoms with Gasteiger partial charge in [-0.05, 0) is 6.92 Å². The highest BCUT2D eigenvalue weighted by atomic mass is 16.2. The maximum absolute atomic E-state index is 10.8. The van der Waals surface area contributed by atoms with Crippen molar-refractivity contribution in [1.29, 1.82) is 0 Å². The van der Waals surface area contributed by atoms with Gasteiger partial charge in [-0.25, -0.2) is 0 Å². The number of nitrogens with two attached hydrogens (primary N) is 1. The topological polar surface area (TPSA) is 96.9 Å². The minimum atomic E-state index is -0.616. The standard InChI is InChI=1S/C6H12N4O2/c1-4(11)6(3-8-10-7)9-5(2)12/h6H,3H2,1-2H3,(H2,7,8)(H,9,12)/t6-/m0/s1. The summed E-state index contributed by atoms with van der Waals surface area (Å²) < 4.78 is 0. The number of nitrogens with zero attached hydrogens (tertiary/aromatic N) is 2. The number of Topliss-reactive ketones (excluding diaryl/α,β-unsaturated/α-hetero) is 1. The molecule has 0 aromatic heterocycles. The van der Waals surface area contributed by atoms with E-state index in [1.807, 2.05) is 0 Å². The molecule has 0 aliphatic rings. The molecular weight excluding hydrogens is 160 g/mol. The molecule has 0 heterocycles. The molecule has 68 valence electrons. The van der Waals surface area contributed by atoms with E-state index in [0.717, 1.165) is 0 Å². The molecule has 1 atom stereocenters. The quantitative estimate of drug-likeness (QED) is 0.337. The molecule has 0 aromatic rings. The lowest BCUT2D eigenvalue weighted by Gasteiger charge is -2.10. The van der Waals surface area contributed by atoms with E-state index >= 15 is 0 Å². The lowest BCUT2D eigenvalue weighted by molar-refractivity contribution is -0.125. The molecule has 0 saturated carbocycles. The number of hydrogen-bond donors (Lipinski definition) is 2. The fraction of sp³-hybridized carbons (Fsp3) is 0.667. The maximum atomic E-state index is 10.8. The molecule has 1 amide bonds. The van der Waals surface area contributed by atoms with Gasteiger partial charge >= 0.3 is 0 Å². The van der Waals surface area contributed by atoms with Crippen LogP contribution in [0.15, 0.2) is 10.3 Å². The Kier molecular flexibility index (Phi) is 4.59. The Hall–Kier alpha value is -1.46. The Bertz CT molecular complexity index is 202. The average molecular weight is 172 g/mol. The lowest BCUT2D eigenvalue weighted by atomic mass is 10.2. The predicted molar refractivity (Wildman–Crippen MR) is 42.2 cm³/mol. The number of ketones is 1. The minimum absolute atomic E-state index is 0.0887. The summed E-state index contributed by atoms with van der Waals surface area (Å²) in [6, 6.07) is -0.616. The Morgan fingerprint density at radius 3 is 2.42 bits per heavy atom. The van der Waals surface area contributed by atoms with Crippen LogP contribution in [0.2, 0.25) is 0 Å². The second-order valence-corrected chi connectivity index (χ2v) is 2.30. The van der Waals surface area contributed by atoms with E-state index in [2.05, 4.69) is 15.7 Å². The number of amides is 1. The van der Waals surface area contributed by atoms with Gasteiger partial charge in [-0.15, -0.1) is 0 Å². The number of carbonyl (C=O) groups excluding carboxylic acids is 2. The third kappa shape index (κ3) is 4.37. The maximum Gasteiger partial charge on any atom is 0.217 e. The average Bonchev–Trinajstić information content (AvgIpc) is 1.96. The fourth-order valence-electron chi connectivity index (χ4n) is 0.650. The molecule has 3 N–H and O–H groups in total. The number of carbonyl (C=O) groups is 2. The van der Waals surface area contributed by atoms with Gasteiger partial charge in [-0.2, -0.15) is 5.11 Å². The molecule has 6 nitrogen and oxygen atoms in total. The van der Waals surface area contributed by atoms with Gasteiger partial charge < -0.3 is 11.2 Å². The van der Waals surface area contributed by atoms with Gasteiger partial charge in [0.05, 0.1) is 6.54 Å². The Labute approximate surface area is 70.2 Å². The zero-order chi connectivity index (χ0) is 9.56. The summed E-state index contributed by atoms with van der Waals surface area (Å²) in [6.45, 7) is 2.79. The second kappa shape index (κ2) is 5.22. The second-order valence-electron chi connectivity index (χ2n) is 2.30. The molecule has 0 spiro atoms. The molecule has 0 aliphatic heterocycles. The third-order valence-electron chi connectivity index (χ3n) is 1.21. The van der Waals surface area contributed by atoms with Gasteiger partial charge in [0, 0.05) is 6.92 Å². The molecule has 0 radical (unpaired) electrons. The van der Waals surface area contributed by atoms with Crippen molar-refractivity contribution in [2.24, 2.45) is 16.2 Å². The van der Waals surface area contributed by atoms with E-state index in [0.29, 0.717) is 0 Å². The van der Waals surface area contributed by atoms with Crippen LogP contribution in [-0.2, 0) is 9.59 Å². The summed E-state index contributed by atoms with van der Waals surface area (Å²) in [7, 11) is 0. The fourth-order valence-corrected chi connectivity index (χ4v) is 0.650. The normalized spacial score (nSPS) is 12.8. The van der Waals surface area contributed by atoms with Crippen LogP contribution in [0.25, 0.3) is 0 Å². The van der Waals surface area contributed by atoms with E-state index in [1.165, 1.54) is 13.8 Å². The first kappa shape index (κ1) is 10.5. The van der Waals surface area contributed by atoms with Gasteiger partial charge in [0.15, 0.2) is 5.78 Å². The van der Waals surface area contributed by atoms with Crippen LogP contribution < -0.4 is 11.2 Å². The summed E-state index contributed by atoms with van der Waals surface area (Å²) in [5.41, 5.74) is 0. The molecule has 12 heavy (non-hydrogen) atoms. The Balaban J connectivity index is 4.04. The molecule has 0 rings (SSSR count). The monoisotopic (exact) mass is 172 g/mol. The molecule has 0 unspecified atom stereocenters. The smallest absolute Gasteiger partial charge is 0.217 e. The van der Waals surface area contributed by atoms with Gasteiger partial charge in [0.1, 0.15) is 6.04 Å². The molecule has 0 aliphatic carbocycles. The molecule has 0 fully saturated rings. The van der Waals surface area contributed by atoms with Crippen molar-refractivity contribution < 1.29 is 9.59 Å². The van der Waals surface area contributed by atoms with Crippen molar-refractivity contribution >= 4 is 11.7 Å². The van der Waals surface area contributed by atoms with Crippen molar-refractivity contribution in [2.45, 2.75) is 19.9 Å². The van der Waals surface area contributed by atoms with Gasteiger partial charge in [0.2, 0.25) is 5.91 Å². The zero-order valence-electron chi connectivity index (χ0n) is 7.07. The van der Waals surface area contributed by atoms with Crippen LogP contribution in [-0.4, -0.2) is 24.3 Å². The molecule has 0 saturated heterocycles. The summed E-state index contributed by atoms with van der Waals surface area (Å²) in [4.78, 5) is 21.4. The zero-order valence-corrected chi connectivity index (χ0v) is 7.07.